The molecule has 5 heteroatoms. The monoisotopic (exact) mass is 515 g/mol. The number of carbonyl (C=O) groups excluding carboxylic acids is 3. The van der Waals surface area contributed by atoms with Crippen LogP contribution in [0.4, 0.5) is 5.69 Å². The van der Waals surface area contributed by atoms with E-state index < -0.39 is 5.38 Å². The molecule has 0 radical (unpaired) electrons. The zero-order valence-electron chi connectivity index (χ0n) is 22.4. The van der Waals surface area contributed by atoms with Crippen molar-refractivity contribution in [1.82, 2.24) is 0 Å². The highest BCUT2D eigenvalue weighted by Gasteiger charge is 2.42. The largest absolute Gasteiger partial charge is 0.292 e. The molecule has 1 fully saturated rings. The SMILES string of the molecule is CCCCCCCCCCCCCCCCCCC1CC(=O)N(c2cccc3c2CC(Cl)C3=O)C1=O. The molecule has 3 rings (SSSR count). The van der Waals surface area contributed by atoms with E-state index >= 15 is 0 Å². The van der Waals surface area contributed by atoms with Crippen LogP contribution in [0.5, 0.6) is 0 Å². The molecule has 2 unspecified atom stereocenters. The van der Waals surface area contributed by atoms with Gasteiger partial charge in [0.1, 0.15) is 5.38 Å². The van der Waals surface area contributed by atoms with Crippen LogP contribution >= 0.6 is 11.6 Å². The van der Waals surface area contributed by atoms with E-state index in [-0.39, 0.29) is 29.9 Å². The van der Waals surface area contributed by atoms with Gasteiger partial charge < -0.3 is 0 Å². The molecule has 1 aromatic rings. The number of nitrogens with zero attached hydrogens (tertiary/aromatic N) is 1. The van der Waals surface area contributed by atoms with Crippen LogP contribution in [0.3, 0.4) is 0 Å². The third-order valence-electron chi connectivity index (χ3n) is 7.97. The number of carbonyl (C=O) groups is 3. The van der Waals surface area contributed by atoms with E-state index in [4.69, 9.17) is 11.6 Å². The van der Waals surface area contributed by atoms with Gasteiger partial charge in [-0.15, -0.1) is 11.6 Å². The van der Waals surface area contributed by atoms with E-state index in [1.165, 1.54) is 94.8 Å². The number of amides is 2. The maximum atomic E-state index is 13.1. The van der Waals surface area contributed by atoms with Gasteiger partial charge in [0.05, 0.1) is 5.69 Å². The number of hydrogen-bond acceptors (Lipinski definition) is 3. The van der Waals surface area contributed by atoms with Gasteiger partial charge >= 0.3 is 0 Å². The van der Waals surface area contributed by atoms with Crippen LogP contribution in [0, 0.1) is 5.92 Å². The minimum atomic E-state index is -0.602. The molecule has 4 nitrogen and oxygen atoms in total. The van der Waals surface area contributed by atoms with E-state index in [9.17, 15) is 14.4 Å². The van der Waals surface area contributed by atoms with Crippen LogP contribution in [0.2, 0.25) is 0 Å². The predicted octanol–water partition coefficient (Wildman–Crippen LogP) is 8.56. The maximum Gasteiger partial charge on any atom is 0.237 e. The van der Waals surface area contributed by atoms with E-state index in [0.29, 0.717) is 17.7 Å². The topological polar surface area (TPSA) is 54.5 Å². The van der Waals surface area contributed by atoms with E-state index in [0.717, 1.165) is 24.8 Å². The number of ketones is 1. The Morgan fingerprint density at radius 3 is 1.83 bits per heavy atom. The Hall–Kier alpha value is -1.68. The second-order valence-electron chi connectivity index (χ2n) is 10.9. The Morgan fingerprint density at radius 2 is 1.28 bits per heavy atom. The molecular formula is C31H46ClNO3. The van der Waals surface area contributed by atoms with Gasteiger partial charge in [0.25, 0.3) is 0 Å². The molecule has 0 aromatic heterocycles. The van der Waals surface area contributed by atoms with E-state index in [1.807, 2.05) is 0 Å². The molecule has 0 N–H and O–H groups in total. The standard InChI is InChI=1S/C31H46ClNO3/c1-2-3-4-5-6-7-8-9-10-11-12-13-14-15-16-17-19-24-22-29(34)33(31(24)36)28-21-18-20-25-26(28)23-27(32)30(25)35/h18,20-21,24,27H,2-17,19,22-23H2,1H3. The number of benzene rings is 1. The lowest BCUT2D eigenvalue weighted by molar-refractivity contribution is -0.122. The third kappa shape index (κ3) is 8.16. The summed E-state index contributed by atoms with van der Waals surface area (Å²) in [4.78, 5) is 39.3. The third-order valence-corrected chi connectivity index (χ3v) is 8.32. The number of halogens is 1. The van der Waals surface area contributed by atoms with Crippen molar-refractivity contribution in [2.45, 2.75) is 134 Å². The lowest BCUT2D eigenvalue weighted by Gasteiger charge is -2.18. The van der Waals surface area contributed by atoms with Crippen LogP contribution in [0.15, 0.2) is 18.2 Å². The average Bonchev–Trinajstić information content (AvgIpc) is 3.32. The number of unbranched alkanes of at least 4 members (excludes halogenated alkanes) is 15. The highest BCUT2D eigenvalue weighted by molar-refractivity contribution is 6.36. The van der Waals surface area contributed by atoms with E-state index in [1.54, 1.807) is 18.2 Å². The molecule has 1 saturated heterocycles. The zero-order valence-corrected chi connectivity index (χ0v) is 23.1. The smallest absolute Gasteiger partial charge is 0.237 e. The molecule has 36 heavy (non-hydrogen) atoms. The van der Waals surface area contributed by atoms with Crippen molar-refractivity contribution in [3.63, 3.8) is 0 Å². The molecule has 1 aliphatic carbocycles. The van der Waals surface area contributed by atoms with Gasteiger partial charge in [0.2, 0.25) is 11.8 Å². The van der Waals surface area contributed by atoms with Crippen molar-refractivity contribution in [2.24, 2.45) is 5.92 Å². The molecule has 1 aromatic carbocycles. The Kier molecular flexibility index (Phi) is 12.5. The normalized spacial score (nSPS) is 19.5. The molecule has 1 heterocycles. The Balaban J connectivity index is 1.24. The first-order chi connectivity index (χ1) is 17.5. The Morgan fingerprint density at radius 1 is 0.750 bits per heavy atom. The summed E-state index contributed by atoms with van der Waals surface area (Å²) in [6, 6.07) is 5.25. The number of fused-ring (bicyclic) bond motifs is 1. The highest BCUT2D eigenvalue weighted by Crippen LogP contribution is 2.37. The summed E-state index contributed by atoms with van der Waals surface area (Å²) in [7, 11) is 0. The summed E-state index contributed by atoms with van der Waals surface area (Å²) in [5.41, 5.74) is 1.86. The molecule has 2 atom stereocenters. The van der Waals surface area contributed by atoms with Crippen molar-refractivity contribution >= 4 is 34.9 Å². The van der Waals surface area contributed by atoms with Gasteiger partial charge in [-0.1, -0.05) is 122 Å². The van der Waals surface area contributed by atoms with Crippen LogP contribution in [-0.4, -0.2) is 23.0 Å². The summed E-state index contributed by atoms with van der Waals surface area (Å²) in [6.07, 6.45) is 22.6. The first kappa shape index (κ1) is 28.9. The second-order valence-corrected chi connectivity index (χ2v) is 11.4. The number of Topliss-reactive ketones (excluding diaryl/α,β-unsaturated/α-hetero) is 1. The second kappa shape index (κ2) is 15.5. The molecular weight excluding hydrogens is 470 g/mol. The predicted molar refractivity (Wildman–Crippen MR) is 149 cm³/mol. The fraction of sp³-hybridized carbons (Fsp3) is 0.710. The van der Waals surface area contributed by atoms with Gasteiger partial charge in [-0.05, 0) is 24.5 Å². The molecule has 2 aliphatic rings. The average molecular weight is 516 g/mol. The number of alkyl halides is 1. The summed E-state index contributed by atoms with van der Waals surface area (Å²) in [5.74, 6) is -0.610. The Labute approximate surface area is 223 Å². The summed E-state index contributed by atoms with van der Waals surface area (Å²) >= 11 is 6.15. The number of imide groups is 1. The lowest BCUT2D eigenvalue weighted by Crippen LogP contribution is -2.31. The van der Waals surface area contributed by atoms with Crippen LogP contribution in [0.1, 0.15) is 138 Å². The van der Waals surface area contributed by atoms with Gasteiger partial charge in [-0.2, -0.15) is 0 Å². The van der Waals surface area contributed by atoms with Crippen LogP contribution in [0.25, 0.3) is 0 Å². The molecule has 2 amide bonds. The lowest BCUT2D eigenvalue weighted by atomic mass is 9.98. The summed E-state index contributed by atoms with van der Waals surface area (Å²) < 4.78 is 0. The van der Waals surface area contributed by atoms with Crippen molar-refractivity contribution in [2.75, 3.05) is 4.90 Å². The number of anilines is 1. The van der Waals surface area contributed by atoms with E-state index in [2.05, 4.69) is 6.92 Å². The van der Waals surface area contributed by atoms with Crippen molar-refractivity contribution in [1.29, 1.82) is 0 Å². The molecule has 0 saturated carbocycles. The van der Waals surface area contributed by atoms with Crippen molar-refractivity contribution in [3.05, 3.63) is 29.3 Å². The minimum Gasteiger partial charge on any atom is -0.292 e. The van der Waals surface area contributed by atoms with Crippen LogP contribution < -0.4 is 4.90 Å². The van der Waals surface area contributed by atoms with Crippen LogP contribution in [-0.2, 0) is 16.0 Å². The van der Waals surface area contributed by atoms with Gasteiger partial charge in [0, 0.05) is 17.9 Å². The minimum absolute atomic E-state index is 0.111. The van der Waals surface area contributed by atoms with Gasteiger partial charge in [-0.3, -0.25) is 19.3 Å². The Bertz CT molecular complexity index is 867. The molecule has 1 aliphatic heterocycles. The summed E-state index contributed by atoms with van der Waals surface area (Å²) in [6.45, 7) is 2.27. The molecule has 0 bridgehead atoms. The van der Waals surface area contributed by atoms with Gasteiger partial charge in [0.15, 0.2) is 5.78 Å². The summed E-state index contributed by atoms with van der Waals surface area (Å²) in [5, 5.41) is -0.602. The number of rotatable bonds is 18. The zero-order chi connectivity index (χ0) is 25.8. The first-order valence-electron chi connectivity index (χ1n) is 14.7. The first-order valence-corrected chi connectivity index (χ1v) is 15.1. The quantitative estimate of drug-likeness (QED) is 0.112. The number of hydrogen-bond donors (Lipinski definition) is 0. The maximum absolute atomic E-state index is 13.1. The molecule has 0 spiro atoms. The molecule has 200 valence electrons. The fourth-order valence-electron chi connectivity index (χ4n) is 5.78. The van der Waals surface area contributed by atoms with Gasteiger partial charge in [-0.25, -0.2) is 0 Å². The van der Waals surface area contributed by atoms with Crippen molar-refractivity contribution < 1.29 is 14.4 Å². The van der Waals surface area contributed by atoms with Crippen molar-refractivity contribution in [3.8, 4) is 0 Å². The highest BCUT2D eigenvalue weighted by atomic mass is 35.5. The fourth-order valence-corrected chi connectivity index (χ4v) is 6.05.